The minimum Gasteiger partial charge on any atom is -0.489 e. The zero-order chi connectivity index (χ0) is 27.7. The predicted octanol–water partition coefficient (Wildman–Crippen LogP) is 4.97. The zero-order valence-corrected chi connectivity index (χ0v) is 22.7. The number of halogens is 1. The molecule has 0 unspecified atom stereocenters. The van der Waals surface area contributed by atoms with Crippen molar-refractivity contribution >= 4 is 34.7 Å². The van der Waals surface area contributed by atoms with Gasteiger partial charge in [-0.1, -0.05) is 54.1 Å². The maximum absolute atomic E-state index is 12.9. The number of amides is 2. The van der Waals surface area contributed by atoms with Crippen molar-refractivity contribution in [3.05, 3.63) is 112 Å². The topological polar surface area (TPSA) is 101 Å². The quantitative estimate of drug-likeness (QED) is 0.282. The molecule has 1 aliphatic rings. The summed E-state index contributed by atoms with van der Waals surface area (Å²) in [6.45, 7) is 4.14. The number of hydrogen-bond donors (Lipinski definition) is 3. The van der Waals surface area contributed by atoms with Crippen LogP contribution in [0, 0.1) is 0 Å². The number of nitrogens with one attached hydrogen (secondary N) is 3. The van der Waals surface area contributed by atoms with Gasteiger partial charge in [0.05, 0.1) is 18.4 Å². The van der Waals surface area contributed by atoms with Gasteiger partial charge in [-0.3, -0.25) is 4.79 Å². The first-order chi connectivity index (χ1) is 19.5. The van der Waals surface area contributed by atoms with E-state index < -0.39 is 0 Å². The summed E-state index contributed by atoms with van der Waals surface area (Å²) in [5.74, 6) is 0.717. The van der Waals surface area contributed by atoms with Crippen LogP contribution < -0.4 is 31.1 Å². The third kappa shape index (κ3) is 7.19. The molecule has 0 atom stereocenters. The van der Waals surface area contributed by atoms with Crippen molar-refractivity contribution in [1.29, 1.82) is 0 Å². The van der Waals surface area contributed by atoms with Crippen molar-refractivity contribution in [1.82, 2.24) is 15.1 Å². The number of rotatable bonds is 8. The fourth-order valence-electron chi connectivity index (χ4n) is 4.41. The van der Waals surface area contributed by atoms with Crippen molar-refractivity contribution in [2.24, 2.45) is 0 Å². The monoisotopic (exact) mass is 558 g/mol. The molecule has 206 valence electrons. The maximum atomic E-state index is 12.9. The molecule has 5 rings (SSSR count). The van der Waals surface area contributed by atoms with Crippen LogP contribution in [-0.2, 0) is 13.2 Å². The lowest BCUT2D eigenvalue weighted by atomic mass is 10.2. The first kappa shape index (κ1) is 27.2. The smallest absolute Gasteiger partial charge is 0.323 e. The molecule has 3 aromatic carbocycles. The van der Waals surface area contributed by atoms with Gasteiger partial charge in [0.15, 0.2) is 0 Å². The van der Waals surface area contributed by atoms with Crippen LogP contribution in [0.4, 0.5) is 21.9 Å². The van der Waals surface area contributed by atoms with Crippen molar-refractivity contribution in [3.8, 4) is 5.75 Å². The largest absolute Gasteiger partial charge is 0.489 e. The molecule has 4 aromatic rings. The average Bonchev–Trinajstić information content (AvgIpc) is 3.26. The number of carbonyl (C=O) groups is 1. The van der Waals surface area contributed by atoms with E-state index in [1.807, 2.05) is 54.6 Å². The summed E-state index contributed by atoms with van der Waals surface area (Å²) in [6, 6.07) is 24.0. The van der Waals surface area contributed by atoms with Gasteiger partial charge in [0.25, 0.3) is 5.56 Å². The van der Waals surface area contributed by atoms with Crippen LogP contribution in [0.2, 0.25) is 5.02 Å². The third-order valence-electron chi connectivity index (χ3n) is 6.55. The van der Waals surface area contributed by atoms with Crippen molar-refractivity contribution in [3.63, 3.8) is 0 Å². The van der Waals surface area contributed by atoms with Gasteiger partial charge in [-0.05, 0) is 60.5 Å². The van der Waals surface area contributed by atoms with Crippen LogP contribution in [0.1, 0.15) is 17.5 Å². The van der Waals surface area contributed by atoms with Crippen molar-refractivity contribution in [2.75, 3.05) is 41.7 Å². The normalized spacial score (nSPS) is 13.4. The van der Waals surface area contributed by atoms with E-state index in [0.717, 1.165) is 43.7 Å². The van der Waals surface area contributed by atoms with Gasteiger partial charge in [0.2, 0.25) is 0 Å². The Labute approximate surface area is 237 Å². The Bertz CT molecular complexity index is 1470. The molecule has 40 heavy (non-hydrogen) atoms. The van der Waals surface area contributed by atoms with E-state index in [-0.39, 0.29) is 23.2 Å². The molecule has 0 saturated carbocycles. The van der Waals surface area contributed by atoms with Crippen LogP contribution in [0.3, 0.4) is 0 Å². The summed E-state index contributed by atoms with van der Waals surface area (Å²) in [5.41, 5.74) is 3.55. The minimum atomic E-state index is -0.366. The third-order valence-corrected chi connectivity index (χ3v) is 6.91. The second-order valence-electron chi connectivity index (χ2n) is 9.47. The number of nitrogens with zero attached hydrogens (tertiary/aromatic N) is 3. The molecule has 10 heteroatoms. The Morgan fingerprint density at radius 3 is 2.33 bits per heavy atom. The van der Waals surface area contributed by atoms with Gasteiger partial charge < -0.3 is 25.6 Å². The van der Waals surface area contributed by atoms with E-state index in [9.17, 15) is 9.59 Å². The maximum Gasteiger partial charge on any atom is 0.323 e. The molecular formula is C30H31ClN6O3. The minimum absolute atomic E-state index is 0.183. The van der Waals surface area contributed by atoms with Crippen LogP contribution >= 0.6 is 11.6 Å². The summed E-state index contributed by atoms with van der Waals surface area (Å²) in [6.07, 6.45) is 2.64. The van der Waals surface area contributed by atoms with Gasteiger partial charge in [-0.2, -0.15) is 5.10 Å². The number of anilines is 3. The second-order valence-corrected chi connectivity index (χ2v) is 9.85. The number of hydrogen-bond acceptors (Lipinski definition) is 6. The summed E-state index contributed by atoms with van der Waals surface area (Å²) in [4.78, 5) is 27.5. The SMILES string of the molecule is O=C(Nc1ccc(Cn2ncc(N3CCCNCC3)c(Cl)c2=O)cc1)Nc1ccc(OCc2ccccc2)cc1. The highest BCUT2D eigenvalue weighted by atomic mass is 35.5. The highest BCUT2D eigenvalue weighted by Crippen LogP contribution is 2.22. The Hall–Kier alpha value is -4.34. The Morgan fingerprint density at radius 1 is 0.900 bits per heavy atom. The highest BCUT2D eigenvalue weighted by molar-refractivity contribution is 6.33. The lowest BCUT2D eigenvalue weighted by Crippen LogP contribution is -2.32. The number of aromatic nitrogens is 2. The van der Waals surface area contributed by atoms with Crippen LogP contribution in [0.15, 0.2) is 89.9 Å². The molecule has 0 bridgehead atoms. The zero-order valence-electron chi connectivity index (χ0n) is 22.0. The molecule has 1 fully saturated rings. The van der Waals surface area contributed by atoms with Crippen LogP contribution in [0.5, 0.6) is 5.75 Å². The Morgan fingerprint density at radius 2 is 1.60 bits per heavy atom. The molecule has 2 heterocycles. The van der Waals surface area contributed by atoms with Gasteiger partial charge in [0.1, 0.15) is 17.4 Å². The molecule has 0 radical (unpaired) electrons. The van der Waals surface area contributed by atoms with Crippen LogP contribution in [-0.4, -0.2) is 42.0 Å². The van der Waals surface area contributed by atoms with Crippen molar-refractivity contribution < 1.29 is 9.53 Å². The lowest BCUT2D eigenvalue weighted by molar-refractivity contribution is 0.262. The first-order valence-corrected chi connectivity index (χ1v) is 13.6. The second kappa shape index (κ2) is 13.1. The molecule has 1 saturated heterocycles. The summed E-state index contributed by atoms with van der Waals surface area (Å²) >= 11 is 6.45. The molecule has 1 aromatic heterocycles. The lowest BCUT2D eigenvalue weighted by Gasteiger charge is -2.23. The van der Waals surface area contributed by atoms with Crippen molar-refractivity contribution in [2.45, 2.75) is 19.6 Å². The van der Waals surface area contributed by atoms with E-state index in [0.29, 0.717) is 29.4 Å². The average molecular weight is 559 g/mol. The molecule has 2 amide bonds. The molecule has 3 N–H and O–H groups in total. The molecule has 0 spiro atoms. The molecular weight excluding hydrogens is 528 g/mol. The Kier molecular flexibility index (Phi) is 8.95. The van der Waals surface area contributed by atoms with E-state index >= 15 is 0 Å². The van der Waals surface area contributed by atoms with Gasteiger partial charge in [-0.25, -0.2) is 9.48 Å². The van der Waals surface area contributed by atoms with Gasteiger partial charge >= 0.3 is 6.03 Å². The summed E-state index contributed by atoms with van der Waals surface area (Å²) in [5, 5.41) is 13.5. The van der Waals surface area contributed by atoms with Gasteiger partial charge in [0, 0.05) is 31.0 Å². The Balaban J connectivity index is 1.13. The van der Waals surface area contributed by atoms with E-state index in [4.69, 9.17) is 16.3 Å². The predicted molar refractivity (Wildman–Crippen MR) is 159 cm³/mol. The van der Waals surface area contributed by atoms with E-state index in [1.54, 1.807) is 30.5 Å². The summed E-state index contributed by atoms with van der Waals surface area (Å²) < 4.78 is 7.14. The van der Waals surface area contributed by atoms with E-state index in [1.165, 1.54) is 4.68 Å². The van der Waals surface area contributed by atoms with Gasteiger partial charge in [-0.15, -0.1) is 0 Å². The number of carbonyl (C=O) groups excluding carboxylic acids is 1. The van der Waals surface area contributed by atoms with E-state index in [2.05, 4.69) is 25.9 Å². The molecule has 9 nitrogen and oxygen atoms in total. The first-order valence-electron chi connectivity index (χ1n) is 13.2. The standard InChI is InChI=1S/C30H31ClN6O3/c31-28-27(36-17-4-15-32-16-18-36)19-33-37(29(28)38)20-22-7-9-24(10-8-22)34-30(39)35-25-11-13-26(14-12-25)40-21-23-5-2-1-3-6-23/h1-3,5-14,19,32H,4,15-18,20-21H2,(H2,34,35,39). The van der Waals surface area contributed by atoms with Crippen LogP contribution in [0.25, 0.3) is 0 Å². The number of urea groups is 1. The molecule has 1 aliphatic heterocycles. The fourth-order valence-corrected chi connectivity index (χ4v) is 4.68. The number of ether oxygens (including phenoxy) is 1. The highest BCUT2D eigenvalue weighted by Gasteiger charge is 2.17. The number of benzene rings is 3. The fraction of sp³-hybridized carbons (Fsp3) is 0.233. The molecule has 0 aliphatic carbocycles. The summed E-state index contributed by atoms with van der Waals surface area (Å²) in [7, 11) is 0.